The van der Waals surface area contributed by atoms with E-state index in [1.54, 1.807) is 0 Å². The first-order valence-electron chi connectivity index (χ1n) is 4.70. The number of aromatic nitrogens is 2. The van der Waals surface area contributed by atoms with Crippen LogP contribution in [0.5, 0.6) is 0 Å². The summed E-state index contributed by atoms with van der Waals surface area (Å²) in [6.07, 6.45) is -1.21. The summed E-state index contributed by atoms with van der Waals surface area (Å²) < 4.78 is 4.47. The smallest absolute Gasteiger partial charge is 0.356 e. The number of nitrogens with zero attached hydrogens (tertiary/aromatic N) is 1. The standard InChI is InChI=1S/C9H14N2O5/c1-16-9(15)7-5(4-10-11-7)8(14)6(13)2-3-12/h4,6,8,12-14H,2-3H2,1H3,(H,10,11). The number of ether oxygens (including phenoxy) is 1. The predicted octanol–water partition coefficient (Wildman–Crippen LogP) is -1.03. The highest BCUT2D eigenvalue weighted by Gasteiger charge is 2.25. The third kappa shape index (κ3) is 2.57. The Morgan fingerprint density at radius 1 is 1.62 bits per heavy atom. The van der Waals surface area contributed by atoms with Crippen molar-refractivity contribution in [1.82, 2.24) is 10.2 Å². The largest absolute Gasteiger partial charge is 0.464 e. The number of rotatable bonds is 5. The van der Waals surface area contributed by atoms with Gasteiger partial charge in [-0.05, 0) is 6.42 Å². The van der Waals surface area contributed by atoms with E-state index in [2.05, 4.69) is 14.9 Å². The number of nitrogens with one attached hydrogen (secondary N) is 1. The fraction of sp³-hybridized carbons (Fsp3) is 0.556. The van der Waals surface area contributed by atoms with Crippen molar-refractivity contribution in [3.8, 4) is 0 Å². The summed E-state index contributed by atoms with van der Waals surface area (Å²) in [5.74, 6) is -0.678. The predicted molar refractivity (Wildman–Crippen MR) is 52.6 cm³/mol. The highest BCUT2D eigenvalue weighted by atomic mass is 16.5. The van der Waals surface area contributed by atoms with E-state index in [4.69, 9.17) is 5.11 Å². The molecule has 0 fully saturated rings. The van der Waals surface area contributed by atoms with Gasteiger partial charge in [0.1, 0.15) is 11.8 Å². The molecule has 4 N–H and O–H groups in total. The second-order valence-corrected chi connectivity index (χ2v) is 3.22. The molecule has 0 radical (unpaired) electrons. The maximum Gasteiger partial charge on any atom is 0.356 e. The van der Waals surface area contributed by atoms with Crippen LogP contribution in [-0.2, 0) is 4.74 Å². The van der Waals surface area contributed by atoms with Gasteiger partial charge >= 0.3 is 5.97 Å². The molecule has 2 unspecified atom stereocenters. The number of aromatic amines is 1. The summed E-state index contributed by atoms with van der Waals surface area (Å²) in [5, 5.41) is 33.8. The summed E-state index contributed by atoms with van der Waals surface area (Å²) in [5.41, 5.74) is 0.139. The SMILES string of the molecule is COC(=O)c1[nH]ncc1C(O)C(O)CCO. The number of aliphatic hydroxyl groups excluding tert-OH is 3. The Hall–Kier alpha value is -1.44. The number of hydrogen-bond donors (Lipinski definition) is 4. The maximum absolute atomic E-state index is 11.2. The van der Waals surface area contributed by atoms with Crippen LogP contribution in [0.2, 0.25) is 0 Å². The van der Waals surface area contributed by atoms with Crippen LogP contribution in [-0.4, -0.2) is 51.3 Å². The number of esters is 1. The Bertz CT molecular complexity index is 351. The Labute approximate surface area is 91.7 Å². The quantitative estimate of drug-likeness (QED) is 0.481. The monoisotopic (exact) mass is 230 g/mol. The van der Waals surface area contributed by atoms with Crippen molar-refractivity contribution < 1.29 is 24.9 Å². The Kier molecular flexibility index (Phi) is 4.41. The van der Waals surface area contributed by atoms with Gasteiger partial charge in [-0.3, -0.25) is 5.10 Å². The Balaban J connectivity index is 2.87. The topological polar surface area (TPSA) is 116 Å². The lowest BCUT2D eigenvalue weighted by Crippen LogP contribution is -2.21. The molecule has 7 nitrogen and oxygen atoms in total. The highest BCUT2D eigenvalue weighted by molar-refractivity contribution is 5.88. The van der Waals surface area contributed by atoms with E-state index in [-0.39, 0.29) is 24.3 Å². The molecule has 0 aliphatic carbocycles. The van der Waals surface area contributed by atoms with Crippen LogP contribution in [0.25, 0.3) is 0 Å². The van der Waals surface area contributed by atoms with Crippen LogP contribution in [0.15, 0.2) is 6.20 Å². The first-order valence-corrected chi connectivity index (χ1v) is 4.70. The lowest BCUT2D eigenvalue weighted by atomic mass is 10.0. The molecule has 1 aromatic heterocycles. The lowest BCUT2D eigenvalue weighted by Gasteiger charge is -2.16. The average molecular weight is 230 g/mol. The summed E-state index contributed by atoms with van der Waals surface area (Å²) in [7, 11) is 1.20. The Morgan fingerprint density at radius 3 is 2.88 bits per heavy atom. The van der Waals surface area contributed by atoms with Gasteiger partial charge in [-0.1, -0.05) is 0 Å². The van der Waals surface area contributed by atoms with E-state index in [0.717, 1.165) is 0 Å². The van der Waals surface area contributed by atoms with Crippen molar-refractivity contribution in [2.24, 2.45) is 0 Å². The zero-order valence-electron chi connectivity index (χ0n) is 8.75. The molecule has 16 heavy (non-hydrogen) atoms. The van der Waals surface area contributed by atoms with E-state index in [1.807, 2.05) is 0 Å². The molecule has 0 aliphatic rings. The van der Waals surface area contributed by atoms with Crippen LogP contribution >= 0.6 is 0 Å². The van der Waals surface area contributed by atoms with Crippen molar-refractivity contribution in [2.45, 2.75) is 18.6 Å². The first kappa shape index (κ1) is 12.6. The van der Waals surface area contributed by atoms with Crippen LogP contribution in [0, 0.1) is 0 Å². The molecule has 0 bridgehead atoms. The molecule has 7 heteroatoms. The molecule has 0 saturated carbocycles. The van der Waals surface area contributed by atoms with Crippen molar-refractivity contribution in [2.75, 3.05) is 13.7 Å². The zero-order valence-corrected chi connectivity index (χ0v) is 8.75. The molecule has 0 saturated heterocycles. The van der Waals surface area contributed by atoms with Crippen LogP contribution in [0.4, 0.5) is 0 Å². The number of H-pyrrole nitrogens is 1. The molecule has 2 atom stereocenters. The number of carbonyl (C=O) groups is 1. The summed E-state index contributed by atoms with van der Waals surface area (Å²) in [6, 6.07) is 0. The van der Waals surface area contributed by atoms with E-state index in [1.165, 1.54) is 13.3 Å². The summed E-state index contributed by atoms with van der Waals surface area (Å²) in [6.45, 7) is -0.260. The lowest BCUT2D eigenvalue weighted by molar-refractivity contribution is 0.00335. The van der Waals surface area contributed by atoms with E-state index >= 15 is 0 Å². The van der Waals surface area contributed by atoms with E-state index < -0.39 is 18.2 Å². The van der Waals surface area contributed by atoms with Crippen molar-refractivity contribution >= 4 is 5.97 Å². The third-order valence-electron chi connectivity index (χ3n) is 2.17. The molecule has 1 aromatic rings. The van der Waals surface area contributed by atoms with Crippen LogP contribution in [0.3, 0.4) is 0 Å². The molecule has 1 heterocycles. The van der Waals surface area contributed by atoms with E-state index in [9.17, 15) is 15.0 Å². The number of aliphatic hydroxyl groups is 3. The van der Waals surface area contributed by atoms with Gasteiger partial charge < -0.3 is 20.1 Å². The minimum absolute atomic E-state index is 0.00690. The number of carbonyl (C=O) groups excluding carboxylic acids is 1. The summed E-state index contributed by atoms with van der Waals surface area (Å²) in [4.78, 5) is 11.2. The average Bonchev–Trinajstić information content (AvgIpc) is 2.76. The zero-order chi connectivity index (χ0) is 12.1. The molecule has 0 amide bonds. The minimum Gasteiger partial charge on any atom is -0.464 e. The molecular weight excluding hydrogens is 216 g/mol. The van der Waals surface area contributed by atoms with Crippen molar-refractivity contribution in [3.63, 3.8) is 0 Å². The van der Waals surface area contributed by atoms with E-state index in [0.29, 0.717) is 0 Å². The molecular formula is C9H14N2O5. The second-order valence-electron chi connectivity index (χ2n) is 3.22. The maximum atomic E-state index is 11.2. The van der Waals surface area contributed by atoms with Gasteiger partial charge in [0.2, 0.25) is 0 Å². The molecule has 1 rings (SSSR count). The normalized spacial score (nSPS) is 14.5. The molecule has 0 spiro atoms. The van der Waals surface area contributed by atoms with Gasteiger partial charge in [0.15, 0.2) is 0 Å². The van der Waals surface area contributed by atoms with Crippen molar-refractivity contribution in [1.29, 1.82) is 0 Å². The van der Waals surface area contributed by atoms with Crippen LogP contribution in [0.1, 0.15) is 28.6 Å². The summed E-state index contributed by atoms with van der Waals surface area (Å²) >= 11 is 0. The van der Waals surface area contributed by atoms with Gasteiger partial charge in [-0.15, -0.1) is 0 Å². The molecule has 0 aliphatic heterocycles. The van der Waals surface area contributed by atoms with Crippen LogP contribution < -0.4 is 0 Å². The number of hydrogen-bond acceptors (Lipinski definition) is 6. The fourth-order valence-electron chi connectivity index (χ4n) is 1.28. The number of methoxy groups -OCH3 is 1. The van der Waals surface area contributed by atoms with Gasteiger partial charge in [0.25, 0.3) is 0 Å². The fourth-order valence-corrected chi connectivity index (χ4v) is 1.28. The molecule has 0 aromatic carbocycles. The van der Waals surface area contributed by atoms with Gasteiger partial charge in [0, 0.05) is 12.2 Å². The van der Waals surface area contributed by atoms with Crippen molar-refractivity contribution in [3.05, 3.63) is 17.5 Å². The van der Waals surface area contributed by atoms with Gasteiger partial charge in [0.05, 0.1) is 19.4 Å². The highest BCUT2D eigenvalue weighted by Crippen LogP contribution is 2.21. The first-order chi connectivity index (χ1) is 7.61. The van der Waals surface area contributed by atoms with Gasteiger partial charge in [-0.25, -0.2) is 4.79 Å². The molecule has 90 valence electrons. The third-order valence-corrected chi connectivity index (χ3v) is 2.17. The minimum atomic E-state index is -1.29. The Morgan fingerprint density at radius 2 is 2.31 bits per heavy atom. The second kappa shape index (κ2) is 5.59. The van der Waals surface area contributed by atoms with Gasteiger partial charge in [-0.2, -0.15) is 5.10 Å².